The molecule has 1 fully saturated rings. The van der Waals surface area contributed by atoms with Gasteiger partial charge in [-0.2, -0.15) is 0 Å². The van der Waals surface area contributed by atoms with Gasteiger partial charge in [-0.1, -0.05) is 0 Å². The van der Waals surface area contributed by atoms with E-state index in [0.717, 1.165) is 19.5 Å². The molecular weight excluding hydrogens is 168 g/mol. The fourth-order valence-electron chi connectivity index (χ4n) is 1.55. The third-order valence-electron chi connectivity index (χ3n) is 2.34. The highest BCUT2D eigenvalue weighted by atomic mass is 16.5. The van der Waals surface area contributed by atoms with Crippen LogP contribution in [0.4, 0.5) is 0 Å². The van der Waals surface area contributed by atoms with E-state index in [1.54, 1.807) is 0 Å². The Hall–Kier alpha value is -0.610. The van der Waals surface area contributed by atoms with Crippen LogP contribution >= 0.6 is 0 Å². The summed E-state index contributed by atoms with van der Waals surface area (Å²) in [5.41, 5.74) is 0. The zero-order chi connectivity index (χ0) is 9.68. The Morgan fingerprint density at radius 2 is 2.46 bits per heavy atom. The Balaban J connectivity index is 2.22. The molecule has 1 aliphatic rings. The van der Waals surface area contributed by atoms with Gasteiger partial charge in [-0.25, -0.2) is 0 Å². The number of carbonyl (C=O) groups is 1. The van der Waals surface area contributed by atoms with Gasteiger partial charge in [-0.3, -0.25) is 9.69 Å². The number of hydrogen-bond donors (Lipinski definition) is 1. The van der Waals surface area contributed by atoms with Gasteiger partial charge in [-0.15, -0.1) is 0 Å². The van der Waals surface area contributed by atoms with E-state index >= 15 is 0 Å². The molecule has 0 aromatic carbocycles. The summed E-state index contributed by atoms with van der Waals surface area (Å²) in [5, 5.41) is 3.26. The third-order valence-corrected chi connectivity index (χ3v) is 2.34. The Kier molecular flexibility index (Phi) is 4.18. The lowest BCUT2D eigenvalue weighted by Gasteiger charge is -2.21. The van der Waals surface area contributed by atoms with Crippen LogP contribution in [0.5, 0.6) is 0 Å². The molecule has 13 heavy (non-hydrogen) atoms. The minimum atomic E-state index is -0.128. The predicted octanol–water partition coefficient (Wildman–Crippen LogP) is -0.157. The van der Waals surface area contributed by atoms with Crippen molar-refractivity contribution in [3.8, 4) is 0 Å². The summed E-state index contributed by atoms with van der Waals surface area (Å²) >= 11 is 0. The van der Waals surface area contributed by atoms with E-state index in [0.29, 0.717) is 19.2 Å². The average molecular weight is 186 g/mol. The van der Waals surface area contributed by atoms with Crippen LogP contribution in [0.15, 0.2) is 0 Å². The second-order valence-electron chi connectivity index (χ2n) is 3.37. The van der Waals surface area contributed by atoms with Gasteiger partial charge in [0.1, 0.15) is 0 Å². The van der Waals surface area contributed by atoms with Gasteiger partial charge in [0.15, 0.2) is 0 Å². The van der Waals surface area contributed by atoms with Crippen molar-refractivity contribution < 1.29 is 9.53 Å². The maximum Gasteiger partial charge on any atom is 0.320 e. The fourth-order valence-corrected chi connectivity index (χ4v) is 1.55. The molecule has 0 radical (unpaired) electrons. The van der Waals surface area contributed by atoms with Crippen LogP contribution in [0.1, 0.15) is 13.3 Å². The zero-order valence-electron chi connectivity index (χ0n) is 8.38. The van der Waals surface area contributed by atoms with Crippen molar-refractivity contribution in [2.75, 3.05) is 33.3 Å². The van der Waals surface area contributed by atoms with Gasteiger partial charge >= 0.3 is 5.97 Å². The lowest BCUT2D eigenvalue weighted by atomic mass is 10.2. The second-order valence-corrected chi connectivity index (χ2v) is 3.37. The summed E-state index contributed by atoms with van der Waals surface area (Å²) in [7, 11) is 1.97. The molecule has 1 saturated heterocycles. The topological polar surface area (TPSA) is 41.6 Å². The molecule has 0 bridgehead atoms. The monoisotopic (exact) mass is 186 g/mol. The number of ether oxygens (including phenoxy) is 1. The number of likely N-dealkylation sites (N-methyl/N-ethyl adjacent to an activating group) is 1. The molecule has 0 aromatic rings. The smallest absolute Gasteiger partial charge is 0.320 e. The number of nitrogens with zero attached hydrogens (tertiary/aromatic N) is 1. The molecule has 1 N–H and O–H groups in total. The first kappa shape index (κ1) is 10.5. The maximum absolute atomic E-state index is 11.1. The van der Waals surface area contributed by atoms with Crippen molar-refractivity contribution in [1.29, 1.82) is 0 Å². The van der Waals surface area contributed by atoms with Crippen molar-refractivity contribution in [3.63, 3.8) is 0 Å². The van der Waals surface area contributed by atoms with Crippen molar-refractivity contribution in [3.05, 3.63) is 0 Å². The second kappa shape index (κ2) is 5.19. The first-order valence-electron chi connectivity index (χ1n) is 4.80. The number of nitrogens with one attached hydrogen (secondary N) is 1. The van der Waals surface area contributed by atoms with Gasteiger partial charge in [-0.05, 0) is 26.9 Å². The van der Waals surface area contributed by atoms with E-state index in [9.17, 15) is 4.79 Å². The summed E-state index contributed by atoms with van der Waals surface area (Å²) in [6, 6.07) is 0.490. The van der Waals surface area contributed by atoms with Gasteiger partial charge < -0.3 is 10.1 Å². The highest BCUT2D eigenvalue weighted by Gasteiger charge is 2.20. The SMILES string of the molecule is CCOC(=O)CN(C)[C@H]1CCNC1. The highest BCUT2D eigenvalue weighted by Crippen LogP contribution is 2.05. The fraction of sp³-hybridized carbons (Fsp3) is 0.889. The van der Waals surface area contributed by atoms with E-state index in [2.05, 4.69) is 10.2 Å². The molecule has 1 aliphatic heterocycles. The summed E-state index contributed by atoms with van der Waals surface area (Å²) in [4.78, 5) is 13.2. The summed E-state index contributed by atoms with van der Waals surface area (Å²) in [6.45, 7) is 4.73. The lowest BCUT2D eigenvalue weighted by Crippen LogP contribution is -2.37. The van der Waals surface area contributed by atoms with E-state index in [1.807, 2.05) is 14.0 Å². The molecule has 0 amide bonds. The van der Waals surface area contributed by atoms with Crippen LogP contribution in [-0.2, 0) is 9.53 Å². The minimum Gasteiger partial charge on any atom is -0.465 e. The normalized spacial score (nSPS) is 22.2. The molecule has 1 heterocycles. The summed E-state index contributed by atoms with van der Waals surface area (Å²) in [6.07, 6.45) is 1.12. The van der Waals surface area contributed by atoms with Gasteiger partial charge in [0, 0.05) is 12.6 Å². The largest absolute Gasteiger partial charge is 0.465 e. The molecule has 0 aromatic heterocycles. The molecule has 0 spiro atoms. The van der Waals surface area contributed by atoms with Gasteiger partial charge in [0.2, 0.25) is 0 Å². The molecule has 1 rings (SSSR count). The Labute approximate surface area is 79.2 Å². The van der Waals surface area contributed by atoms with Crippen molar-refractivity contribution in [1.82, 2.24) is 10.2 Å². The molecule has 0 saturated carbocycles. The highest BCUT2D eigenvalue weighted by molar-refractivity contribution is 5.71. The number of hydrogen-bond acceptors (Lipinski definition) is 4. The predicted molar refractivity (Wildman–Crippen MR) is 50.5 cm³/mol. The van der Waals surface area contributed by atoms with Crippen LogP contribution in [0.3, 0.4) is 0 Å². The molecule has 0 aliphatic carbocycles. The molecule has 0 unspecified atom stereocenters. The summed E-state index contributed by atoms with van der Waals surface area (Å²) < 4.78 is 4.87. The van der Waals surface area contributed by atoms with E-state index in [-0.39, 0.29) is 5.97 Å². The standard InChI is InChI=1S/C9H18N2O2/c1-3-13-9(12)7-11(2)8-4-5-10-6-8/h8,10H,3-7H2,1-2H3/t8-/m0/s1. The van der Waals surface area contributed by atoms with Crippen LogP contribution < -0.4 is 5.32 Å². The molecule has 1 atom stereocenters. The molecule has 4 heteroatoms. The van der Waals surface area contributed by atoms with Gasteiger partial charge in [0.25, 0.3) is 0 Å². The van der Waals surface area contributed by atoms with Crippen LogP contribution in [0, 0.1) is 0 Å². The molecule has 4 nitrogen and oxygen atoms in total. The average Bonchev–Trinajstić information content (AvgIpc) is 2.55. The van der Waals surface area contributed by atoms with E-state index in [4.69, 9.17) is 4.74 Å². The van der Waals surface area contributed by atoms with E-state index < -0.39 is 0 Å². The van der Waals surface area contributed by atoms with E-state index in [1.165, 1.54) is 0 Å². The Morgan fingerprint density at radius 3 is 3.00 bits per heavy atom. The molecular formula is C9H18N2O2. The van der Waals surface area contributed by atoms with Crippen LogP contribution in [0.25, 0.3) is 0 Å². The molecule has 76 valence electrons. The lowest BCUT2D eigenvalue weighted by molar-refractivity contribution is -0.144. The zero-order valence-corrected chi connectivity index (χ0v) is 8.38. The van der Waals surface area contributed by atoms with Crippen molar-refractivity contribution in [2.24, 2.45) is 0 Å². The van der Waals surface area contributed by atoms with Crippen molar-refractivity contribution in [2.45, 2.75) is 19.4 Å². The third kappa shape index (κ3) is 3.32. The first-order chi connectivity index (χ1) is 6.24. The van der Waals surface area contributed by atoms with Crippen LogP contribution in [-0.4, -0.2) is 50.2 Å². The van der Waals surface area contributed by atoms with Crippen molar-refractivity contribution >= 4 is 5.97 Å². The van der Waals surface area contributed by atoms with Gasteiger partial charge in [0.05, 0.1) is 13.2 Å². The first-order valence-corrected chi connectivity index (χ1v) is 4.80. The number of carbonyl (C=O) groups excluding carboxylic acids is 1. The Bertz CT molecular complexity index is 167. The minimum absolute atomic E-state index is 0.128. The number of esters is 1. The quantitative estimate of drug-likeness (QED) is 0.620. The van der Waals surface area contributed by atoms with Crippen LogP contribution in [0.2, 0.25) is 0 Å². The Morgan fingerprint density at radius 1 is 1.69 bits per heavy atom. The maximum atomic E-state index is 11.1. The summed E-state index contributed by atoms with van der Waals surface area (Å²) in [5.74, 6) is -0.128. The number of rotatable bonds is 4.